The molecule has 0 aromatic heterocycles. The molecule has 17 heavy (non-hydrogen) atoms. The molecule has 94 valence electrons. The summed E-state index contributed by atoms with van der Waals surface area (Å²) in [6.07, 6.45) is 1.29. The zero-order chi connectivity index (χ0) is 11.9. The zero-order valence-corrected chi connectivity index (χ0v) is 10.8. The Hall–Kier alpha value is -0.740. The van der Waals surface area contributed by atoms with E-state index in [2.05, 4.69) is 10.2 Å². The molecular formula is C13H19FN2S. The summed E-state index contributed by atoms with van der Waals surface area (Å²) in [5.41, 5.74) is 0.996. The molecule has 1 aromatic rings. The number of hydrogen-bond donors (Lipinski definition) is 1. The van der Waals surface area contributed by atoms with E-state index in [0.717, 1.165) is 18.8 Å². The van der Waals surface area contributed by atoms with E-state index in [-0.39, 0.29) is 5.82 Å². The van der Waals surface area contributed by atoms with Crippen LogP contribution in [0.1, 0.15) is 6.42 Å². The summed E-state index contributed by atoms with van der Waals surface area (Å²) in [4.78, 5) is 2.50. The van der Waals surface area contributed by atoms with Crippen molar-refractivity contribution in [3.63, 3.8) is 0 Å². The number of anilines is 1. The van der Waals surface area contributed by atoms with Gasteiger partial charge in [-0.2, -0.15) is 11.8 Å². The van der Waals surface area contributed by atoms with Crippen LogP contribution in [-0.2, 0) is 0 Å². The van der Waals surface area contributed by atoms with Gasteiger partial charge in [0.05, 0.1) is 0 Å². The third-order valence-electron chi connectivity index (χ3n) is 2.92. The first kappa shape index (κ1) is 12.7. The summed E-state index contributed by atoms with van der Waals surface area (Å²) in [5.74, 6) is 2.36. The molecule has 0 bridgehead atoms. The van der Waals surface area contributed by atoms with Gasteiger partial charge < -0.3 is 10.2 Å². The Balaban J connectivity index is 1.69. The number of halogens is 1. The molecule has 1 N–H and O–H groups in total. The van der Waals surface area contributed by atoms with Crippen molar-refractivity contribution in [2.24, 2.45) is 0 Å². The maximum Gasteiger partial charge on any atom is 0.123 e. The van der Waals surface area contributed by atoms with Crippen molar-refractivity contribution in [2.75, 3.05) is 43.0 Å². The van der Waals surface area contributed by atoms with Crippen molar-refractivity contribution in [3.05, 3.63) is 30.1 Å². The summed E-state index contributed by atoms with van der Waals surface area (Å²) in [6, 6.07) is 6.55. The first-order valence-electron chi connectivity index (χ1n) is 6.14. The molecule has 0 unspecified atom stereocenters. The van der Waals surface area contributed by atoms with Gasteiger partial charge in [0.25, 0.3) is 0 Å². The molecule has 4 heteroatoms. The molecule has 2 rings (SSSR count). The highest BCUT2D eigenvalue weighted by atomic mass is 32.2. The van der Waals surface area contributed by atoms with Crippen LogP contribution in [0.4, 0.5) is 10.1 Å². The predicted molar refractivity (Wildman–Crippen MR) is 73.3 cm³/mol. The summed E-state index contributed by atoms with van der Waals surface area (Å²) >= 11 is 2.05. The van der Waals surface area contributed by atoms with Gasteiger partial charge in [-0.3, -0.25) is 0 Å². The highest BCUT2D eigenvalue weighted by molar-refractivity contribution is 7.99. The van der Waals surface area contributed by atoms with Crippen LogP contribution >= 0.6 is 11.8 Å². The van der Waals surface area contributed by atoms with Crippen LogP contribution in [-0.4, -0.2) is 42.6 Å². The molecule has 0 spiro atoms. The lowest BCUT2D eigenvalue weighted by Crippen LogP contribution is -2.31. The van der Waals surface area contributed by atoms with Gasteiger partial charge in [0.2, 0.25) is 0 Å². The summed E-state index contributed by atoms with van der Waals surface area (Å²) < 4.78 is 12.7. The number of nitrogens with zero attached hydrogens (tertiary/aromatic N) is 1. The lowest BCUT2D eigenvalue weighted by Gasteiger charge is -2.19. The highest BCUT2D eigenvalue weighted by Gasteiger charge is 2.07. The van der Waals surface area contributed by atoms with Gasteiger partial charge in [-0.25, -0.2) is 4.39 Å². The van der Waals surface area contributed by atoms with Gasteiger partial charge in [-0.15, -0.1) is 0 Å². The molecule has 0 saturated carbocycles. The van der Waals surface area contributed by atoms with Crippen molar-refractivity contribution in [3.8, 4) is 0 Å². The molecule has 0 atom stereocenters. The van der Waals surface area contributed by atoms with E-state index in [1.807, 2.05) is 11.8 Å². The Morgan fingerprint density at radius 1 is 1.18 bits per heavy atom. The topological polar surface area (TPSA) is 15.3 Å². The van der Waals surface area contributed by atoms with Gasteiger partial charge in [0.15, 0.2) is 0 Å². The fraction of sp³-hybridized carbons (Fsp3) is 0.538. The van der Waals surface area contributed by atoms with Gasteiger partial charge >= 0.3 is 0 Å². The molecule has 1 saturated heterocycles. The predicted octanol–water partition coefficient (Wildman–Crippen LogP) is 2.68. The van der Waals surface area contributed by atoms with Crippen molar-refractivity contribution in [2.45, 2.75) is 6.42 Å². The SMILES string of the molecule is Fc1ccc(NCCN2CCCSCC2)cc1. The first-order chi connectivity index (χ1) is 8.34. The standard InChI is InChI=1S/C13H19FN2S/c14-12-2-4-13(5-3-12)15-6-8-16-7-1-10-17-11-9-16/h2-5,15H,1,6-11H2. The largest absolute Gasteiger partial charge is 0.384 e. The Labute approximate surface area is 107 Å². The first-order valence-corrected chi connectivity index (χ1v) is 7.29. The van der Waals surface area contributed by atoms with Crippen molar-refractivity contribution >= 4 is 17.4 Å². The van der Waals surface area contributed by atoms with E-state index < -0.39 is 0 Å². The maximum atomic E-state index is 12.7. The Kier molecular flexibility index (Phi) is 5.13. The minimum Gasteiger partial charge on any atom is -0.384 e. The fourth-order valence-electron chi connectivity index (χ4n) is 1.95. The van der Waals surface area contributed by atoms with Crippen LogP contribution in [0, 0.1) is 5.82 Å². The number of rotatable bonds is 4. The van der Waals surface area contributed by atoms with Gasteiger partial charge in [-0.1, -0.05) is 0 Å². The summed E-state index contributed by atoms with van der Waals surface area (Å²) in [5, 5.41) is 3.32. The Morgan fingerprint density at radius 2 is 2.00 bits per heavy atom. The number of thioether (sulfide) groups is 1. The van der Waals surface area contributed by atoms with E-state index in [1.54, 1.807) is 12.1 Å². The second-order valence-corrected chi connectivity index (χ2v) is 5.47. The average molecular weight is 254 g/mol. The quantitative estimate of drug-likeness (QED) is 0.889. The van der Waals surface area contributed by atoms with Crippen LogP contribution in [0.25, 0.3) is 0 Å². The molecular weight excluding hydrogens is 235 g/mol. The van der Waals surface area contributed by atoms with E-state index in [0.29, 0.717) is 0 Å². The number of nitrogens with one attached hydrogen (secondary N) is 1. The molecule has 1 fully saturated rings. The zero-order valence-electron chi connectivity index (χ0n) is 9.99. The van der Waals surface area contributed by atoms with Crippen LogP contribution in [0.3, 0.4) is 0 Å². The van der Waals surface area contributed by atoms with Crippen LogP contribution in [0.15, 0.2) is 24.3 Å². The van der Waals surface area contributed by atoms with E-state index in [4.69, 9.17) is 0 Å². The van der Waals surface area contributed by atoms with E-state index in [1.165, 1.54) is 43.1 Å². The smallest absolute Gasteiger partial charge is 0.123 e. The molecule has 1 heterocycles. The van der Waals surface area contributed by atoms with Gasteiger partial charge in [-0.05, 0) is 43.0 Å². The minimum absolute atomic E-state index is 0.180. The molecule has 1 aliphatic rings. The second-order valence-electron chi connectivity index (χ2n) is 4.24. The van der Waals surface area contributed by atoms with E-state index >= 15 is 0 Å². The van der Waals surface area contributed by atoms with Crippen molar-refractivity contribution in [1.29, 1.82) is 0 Å². The van der Waals surface area contributed by atoms with Crippen molar-refractivity contribution < 1.29 is 4.39 Å². The third-order valence-corrected chi connectivity index (χ3v) is 3.96. The normalized spacial score (nSPS) is 17.7. The molecule has 0 radical (unpaired) electrons. The molecule has 0 aliphatic carbocycles. The molecule has 0 amide bonds. The summed E-state index contributed by atoms with van der Waals surface area (Å²) in [6.45, 7) is 4.39. The Morgan fingerprint density at radius 3 is 2.82 bits per heavy atom. The minimum atomic E-state index is -0.180. The van der Waals surface area contributed by atoms with Gasteiger partial charge in [0.1, 0.15) is 5.82 Å². The maximum absolute atomic E-state index is 12.7. The second kappa shape index (κ2) is 6.87. The molecule has 1 aromatic carbocycles. The van der Waals surface area contributed by atoms with Crippen LogP contribution in [0.2, 0.25) is 0 Å². The van der Waals surface area contributed by atoms with E-state index in [9.17, 15) is 4.39 Å². The van der Waals surface area contributed by atoms with Gasteiger partial charge in [0, 0.05) is 31.1 Å². The average Bonchev–Trinajstić information content (AvgIpc) is 2.60. The number of benzene rings is 1. The monoisotopic (exact) mass is 254 g/mol. The lowest BCUT2D eigenvalue weighted by atomic mass is 10.3. The number of hydrogen-bond acceptors (Lipinski definition) is 3. The molecule has 1 aliphatic heterocycles. The van der Waals surface area contributed by atoms with Crippen LogP contribution < -0.4 is 5.32 Å². The summed E-state index contributed by atoms with van der Waals surface area (Å²) in [7, 11) is 0. The van der Waals surface area contributed by atoms with Crippen molar-refractivity contribution in [1.82, 2.24) is 4.90 Å². The Bertz CT molecular complexity index is 321. The third kappa shape index (κ3) is 4.56. The molecule has 2 nitrogen and oxygen atoms in total. The van der Waals surface area contributed by atoms with Crippen LogP contribution in [0.5, 0.6) is 0 Å². The highest BCUT2D eigenvalue weighted by Crippen LogP contribution is 2.10. The fourth-order valence-corrected chi connectivity index (χ4v) is 2.87. The lowest BCUT2D eigenvalue weighted by molar-refractivity contribution is 0.307.